The van der Waals surface area contributed by atoms with E-state index < -0.39 is 60.4 Å². The molecule has 55 heavy (non-hydrogen) atoms. The fourth-order valence-electron chi connectivity index (χ4n) is 10.2. The lowest BCUT2D eigenvalue weighted by Crippen LogP contribution is -2.65. The Kier molecular flexibility index (Phi) is 11.3. The van der Waals surface area contributed by atoms with Crippen LogP contribution in [0.25, 0.3) is 0 Å². The molecule has 4 amide bonds. The van der Waals surface area contributed by atoms with E-state index in [1.807, 2.05) is 45.0 Å². The van der Waals surface area contributed by atoms with E-state index in [4.69, 9.17) is 18.8 Å². The molecule has 0 unspecified atom stereocenters. The number of hydrogen-bond donors (Lipinski definition) is 2. The molecular weight excluding hydrogens is 701 g/mol. The minimum absolute atomic E-state index is 0.00881. The van der Waals surface area contributed by atoms with Crippen LogP contribution in [-0.4, -0.2) is 114 Å². The second kappa shape index (κ2) is 15.5. The summed E-state index contributed by atoms with van der Waals surface area (Å²) >= 11 is 0. The van der Waals surface area contributed by atoms with Crippen LogP contribution in [0, 0.1) is 22.7 Å². The molecule has 4 heterocycles. The number of fused-ring (bicyclic) bond motifs is 1. The van der Waals surface area contributed by atoms with Gasteiger partial charge in [0.25, 0.3) is 0 Å². The third kappa shape index (κ3) is 7.97. The summed E-state index contributed by atoms with van der Waals surface area (Å²) in [5.41, 5.74) is 1.16. The summed E-state index contributed by atoms with van der Waals surface area (Å²) in [5.74, 6) is -0.267. The largest absolute Gasteiger partial charge is 0.481 e. The fraction of sp³-hybridized carbons (Fsp3) is 0.756. The second-order valence-electron chi connectivity index (χ2n) is 18.7. The molecule has 0 spiro atoms. The summed E-state index contributed by atoms with van der Waals surface area (Å²) in [6, 6.07) is 5.94. The number of amides is 4. The molecule has 3 aliphatic carbocycles. The van der Waals surface area contributed by atoms with Crippen molar-refractivity contribution < 1.29 is 38.0 Å². The highest BCUT2D eigenvalue weighted by atomic mass is 16.7. The molecule has 302 valence electrons. The quantitative estimate of drug-likeness (QED) is 0.302. The lowest BCUT2D eigenvalue weighted by molar-refractivity contribution is -0.199. The van der Waals surface area contributed by atoms with Crippen molar-refractivity contribution in [1.82, 2.24) is 25.3 Å². The number of nitrogens with one attached hydrogen (secondary N) is 2. The molecule has 0 radical (unpaired) electrons. The minimum atomic E-state index is -1.00. The van der Waals surface area contributed by atoms with Gasteiger partial charge in [0.2, 0.25) is 11.8 Å². The molecule has 8 rings (SSSR count). The molecule has 14 heteroatoms. The summed E-state index contributed by atoms with van der Waals surface area (Å²) in [4.78, 5) is 61.1. The van der Waals surface area contributed by atoms with E-state index in [1.54, 1.807) is 4.90 Å². The highest BCUT2D eigenvalue weighted by molar-refractivity contribution is 6.48. The van der Waals surface area contributed by atoms with Gasteiger partial charge in [-0.15, -0.1) is 0 Å². The number of hydrogen-bond acceptors (Lipinski definition) is 9. The Morgan fingerprint density at radius 1 is 1.00 bits per heavy atom. The molecule has 4 aliphatic heterocycles. The summed E-state index contributed by atoms with van der Waals surface area (Å²) in [7, 11) is -0.621. The Morgan fingerprint density at radius 2 is 1.69 bits per heavy atom. The van der Waals surface area contributed by atoms with Gasteiger partial charge in [-0.2, -0.15) is 0 Å². The predicted octanol–water partition coefficient (Wildman–Crippen LogP) is 4.90. The highest BCUT2D eigenvalue weighted by Gasteiger charge is 2.68. The molecule has 6 fully saturated rings. The van der Waals surface area contributed by atoms with Crippen molar-refractivity contribution >= 4 is 31.1 Å². The maximum Gasteiger partial charge on any atom is 0.481 e. The molecule has 1 aromatic carbocycles. The number of nitrogens with zero attached hydrogens (tertiary/aromatic N) is 3. The average Bonchev–Trinajstić information content (AvgIpc) is 3.94. The Morgan fingerprint density at radius 3 is 2.33 bits per heavy atom. The number of carbonyl (C=O) groups is 4. The third-order valence-corrected chi connectivity index (χ3v) is 13.7. The molecule has 0 aromatic heterocycles. The molecule has 13 nitrogen and oxygen atoms in total. The van der Waals surface area contributed by atoms with E-state index in [0.29, 0.717) is 37.9 Å². The first-order valence-corrected chi connectivity index (χ1v) is 20.7. The first-order chi connectivity index (χ1) is 26.1. The van der Waals surface area contributed by atoms with Gasteiger partial charge in [0.1, 0.15) is 24.8 Å². The second-order valence-corrected chi connectivity index (χ2v) is 18.7. The minimum Gasteiger partial charge on any atom is -0.448 e. The lowest BCUT2D eigenvalue weighted by atomic mass is 9.43. The number of likely N-dealkylation sites (tertiary alicyclic amines) is 2. The number of ether oxygens (including phenoxy) is 2. The molecule has 8 atom stereocenters. The van der Waals surface area contributed by atoms with Gasteiger partial charge in [0, 0.05) is 26.1 Å². The van der Waals surface area contributed by atoms with Crippen molar-refractivity contribution in [2.45, 2.75) is 142 Å². The maximum atomic E-state index is 14.6. The van der Waals surface area contributed by atoms with Gasteiger partial charge in [-0.05, 0) is 85.9 Å². The van der Waals surface area contributed by atoms with Gasteiger partial charge >= 0.3 is 19.3 Å². The number of rotatable bonds is 11. The highest BCUT2D eigenvalue weighted by Crippen LogP contribution is 2.65. The Bertz CT molecular complexity index is 1590. The van der Waals surface area contributed by atoms with Crippen molar-refractivity contribution in [3.05, 3.63) is 35.4 Å². The average molecular weight is 764 g/mol. The predicted molar refractivity (Wildman–Crippen MR) is 206 cm³/mol. The maximum absolute atomic E-state index is 14.6. The van der Waals surface area contributed by atoms with Crippen LogP contribution in [0.3, 0.4) is 0 Å². The molecule has 2 bridgehead atoms. The monoisotopic (exact) mass is 763 g/mol. The van der Waals surface area contributed by atoms with E-state index >= 15 is 0 Å². The van der Waals surface area contributed by atoms with Gasteiger partial charge in [0.05, 0.1) is 24.2 Å². The van der Waals surface area contributed by atoms with E-state index in [0.717, 1.165) is 56.3 Å². The van der Waals surface area contributed by atoms with Crippen molar-refractivity contribution in [1.29, 1.82) is 0 Å². The standard InChI is InChI=1S/C41H62BN5O8/c1-8-13-33(42-54-32-21-28-20-31(40(28,5)6)41(32,7)55-42)43-35(48)30-22-29(53-38(51)46-23-26-14-9-10-15-27(26)24-46)25-47(30)36(49)34(39(2,3)4)44-37(50)52-19-18-45-16-11-12-17-45/h9-10,14-15,28-34H,8,11-13,16-25H2,1-7H3,(H,43,48)(H,44,50)/t28-,29+,30-,31-,32+,33-,34+,41-/m0/s1. The van der Waals surface area contributed by atoms with Crippen molar-refractivity contribution in [3.8, 4) is 0 Å². The third-order valence-electron chi connectivity index (χ3n) is 13.7. The van der Waals surface area contributed by atoms with Crippen LogP contribution in [-0.2, 0) is 41.5 Å². The van der Waals surface area contributed by atoms with Gasteiger partial charge < -0.3 is 34.3 Å². The molecule has 1 aromatic rings. The molecular formula is C41H62BN5O8. The molecule has 3 saturated carbocycles. The van der Waals surface area contributed by atoms with Crippen molar-refractivity contribution in [2.75, 3.05) is 32.8 Å². The Labute approximate surface area is 327 Å². The van der Waals surface area contributed by atoms with Crippen LogP contribution in [0.4, 0.5) is 9.59 Å². The molecule has 7 aliphatic rings. The van der Waals surface area contributed by atoms with E-state index in [-0.39, 0.29) is 37.0 Å². The van der Waals surface area contributed by atoms with E-state index in [9.17, 15) is 19.2 Å². The van der Waals surface area contributed by atoms with Crippen LogP contribution < -0.4 is 10.6 Å². The van der Waals surface area contributed by atoms with E-state index in [1.165, 1.54) is 4.90 Å². The van der Waals surface area contributed by atoms with Gasteiger partial charge in [0.15, 0.2) is 0 Å². The van der Waals surface area contributed by atoms with Crippen LogP contribution >= 0.6 is 0 Å². The Hall–Kier alpha value is -3.36. The number of alkyl carbamates (subject to hydrolysis) is 1. The first-order valence-electron chi connectivity index (χ1n) is 20.7. The summed E-state index contributed by atoms with van der Waals surface area (Å²) < 4.78 is 25.0. The number of benzene rings is 1. The van der Waals surface area contributed by atoms with Gasteiger partial charge in [-0.3, -0.25) is 19.4 Å². The van der Waals surface area contributed by atoms with Gasteiger partial charge in [-0.1, -0.05) is 72.2 Å². The molecule has 3 saturated heterocycles. The SMILES string of the molecule is CCC[C@H](NC(=O)[C@@H]1C[C@@H](OC(=O)N2Cc3ccccc3C2)CN1C(=O)[C@@H](NC(=O)OCCN1CCCC1)C(C)(C)C)B1O[C@@H]2C[C@@H]3C[C@@H](C3(C)C)[C@]2(C)O1. The van der Waals surface area contributed by atoms with Crippen molar-refractivity contribution in [2.24, 2.45) is 22.7 Å². The Balaban J connectivity index is 1.06. The van der Waals surface area contributed by atoms with Crippen molar-refractivity contribution in [3.63, 3.8) is 0 Å². The van der Waals surface area contributed by atoms with Crippen LogP contribution in [0.15, 0.2) is 24.3 Å². The summed E-state index contributed by atoms with van der Waals surface area (Å²) in [5, 5.41) is 6.05. The summed E-state index contributed by atoms with van der Waals surface area (Å²) in [6.45, 7) is 18.2. The zero-order valence-corrected chi connectivity index (χ0v) is 33.9. The van der Waals surface area contributed by atoms with Gasteiger partial charge in [-0.25, -0.2) is 9.59 Å². The first kappa shape index (κ1) is 39.9. The topological polar surface area (TPSA) is 139 Å². The zero-order valence-electron chi connectivity index (χ0n) is 33.9. The normalized spacial score (nSPS) is 30.6. The van der Waals surface area contributed by atoms with E-state index in [2.05, 4.69) is 43.2 Å². The zero-order chi connectivity index (χ0) is 39.3. The lowest BCUT2D eigenvalue weighted by Gasteiger charge is -2.64. The molecule has 2 N–H and O–H groups in total. The number of carbonyl (C=O) groups excluding carboxylic acids is 4. The summed E-state index contributed by atoms with van der Waals surface area (Å²) in [6.07, 6.45) is 3.92. The fourth-order valence-corrected chi connectivity index (χ4v) is 10.2. The smallest absolute Gasteiger partial charge is 0.448 e. The van der Waals surface area contributed by atoms with Crippen LogP contribution in [0.1, 0.15) is 105 Å². The van der Waals surface area contributed by atoms with Crippen LogP contribution in [0.2, 0.25) is 0 Å². The van der Waals surface area contributed by atoms with Crippen LogP contribution in [0.5, 0.6) is 0 Å².